The Morgan fingerprint density at radius 2 is 1.76 bits per heavy atom. The van der Waals surface area contributed by atoms with E-state index >= 15 is 0 Å². The molecular weight excluding hydrogens is 435 g/mol. The van der Waals surface area contributed by atoms with Crippen LogP contribution >= 0.6 is 0 Å². The highest BCUT2D eigenvalue weighted by atomic mass is 19.1. The van der Waals surface area contributed by atoms with Crippen molar-refractivity contribution in [2.24, 2.45) is 0 Å². The molecule has 7 heteroatoms. The Bertz CT molecular complexity index is 1120. The first-order valence-electron chi connectivity index (χ1n) is 11.3. The number of nitrogens with one attached hydrogen (secondary N) is 2. The zero-order valence-electron chi connectivity index (χ0n) is 19.4. The minimum absolute atomic E-state index is 0.00909. The summed E-state index contributed by atoms with van der Waals surface area (Å²) in [5, 5.41) is 35.6. The largest absolute Gasteiger partial charge is 0.508 e. The molecule has 1 amide bonds. The van der Waals surface area contributed by atoms with E-state index in [0.29, 0.717) is 30.5 Å². The summed E-state index contributed by atoms with van der Waals surface area (Å²) in [6.07, 6.45) is 0.302. The van der Waals surface area contributed by atoms with Gasteiger partial charge >= 0.3 is 0 Å². The number of aliphatic hydroxyl groups excluding tert-OH is 1. The third-order valence-corrected chi connectivity index (χ3v) is 5.69. The van der Waals surface area contributed by atoms with E-state index in [1.54, 1.807) is 12.1 Å². The molecule has 5 N–H and O–H groups in total. The van der Waals surface area contributed by atoms with Crippen LogP contribution in [0.2, 0.25) is 0 Å². The van der Waals surface area contributed by atoms with Crippen LogP contribution in [0.4, 0.5) is 4.39 Å². The number of aryl methyl sites for hydroxylation is 1. The fraction of sp³-hybridized carbons (Fsp3) is 0.296. The van der Waals surface area contributed by atoms with E-state index in [2.05, 4.69) is 10.6 Å². The van der Waals surface area contributed by atoms with Gasteiger partial charge in [-0.25, -0.2) is 4.39 Å². The van der Waals surface area contributed by atoms with Gasteiger partial charge in [-0.1, -0.05) is 18.2 Å². The van der Waals surface area contributed by atoms with Crippen molar-refractivity contribution < 1.29 is 24.5 Å². The molecule has 0 aliphatic carbocycles. The average molecular weight is 467 g/mol. The highest BCUT2D eigenvalue weighted by molar-refractivity contribution is 5.94. The van der Waals surface area contributed by atoms with Crippen LogP contribution < -0.4 is 10.6 Å². The Balaban J connectivity index is 1.50. The molecule has 3 aromatic carbocycles. The van der Waals surface area contributed by atoms with Crippen molar-refractivity contribution in [3.63, 3.8) is 0 Å². The third-order valence-electron chi connectivity index (χ3n) is 5.69. The molecule has 0 heterocycles. The number of benzene rings is 3. The average Bonchev–Trinajstić information content (AvgIpc) is 2.79. The number of aliphatic hydroxyl groups is 1. The smallest absolute Gasteiger partial charge is 0.251 e. The van der Waals surface area contributed by atoms with E-state index in [1.165, 1.54) is 30.3 Å². The lowest BCUT2D eigenvalue weighted by atomic mass is 10.0. The van der Waals surface area contributed by atoms with Crippen LogP contribution in [0.15, 0.2) is 60.7 Å². The lowest BCUT2D eigenvalue weighted by Gasteiger charge is -2.18. The highest BCUT2D eigenvalue weighted by Gasteiger charge is 2.13. The summed E-state index contributed by atoms with van der Waals surface area (Å²) in [6.45, 7) is 4.54. The molecule has 0 spiro atoms. The zero-order valence-corrected chi connectivity index (χ0v) is 19.4. The summed E-state index contributed by atoms with van der Waals surface area (Å²) in [6, 6.07) is 16.1. The topological polar surface area (TPSA) is 102 Å². The minimum Gasteiger partial charge on any atom is -0.508 e. The molecule has 3 rings (SSSR count). The van der Waals surface area contributed by atoms with Gasteiger partial charge in [0, 0.05) is 30.8 Å². The number of amides is 1. The maximum absolute atomic E-state index is 13.4. The number of halogens is 1. The minimum atomic E-state index is -0.890. The van der Waals surface area contributed by atoms with Gasteiger partial charge in [-0.05, 0) is 85.3 Å². The number of rotatable bonds is 10. The molecule has 3 aromatic rings. The van der Waals surface area contributed by atoms with Crippen molar-refractivity contribution >= 4 is 5.91 Å². The van der Waals surface area contributed by atoms with Crippen molar-refractivity contribution in [2.45, 2.75) is 38.8 Å². The predicted molar refractivity (Wildman–Crippen MR) is 130 cm³/mol. The zero-order chi connectivity index (χ0) is 24.7. The Hall–Kier alpha value is -3.42. The quantitative estimate of drug-likeness (QED) is 0.313. The van der Waals surface area contributed by atoms with Crippen molar-refractivity contribution in [3.05, 3.63) is 94.3 Å². The van der Waals surface area contributed by atoms with Crippen LogP contribution in [-0.4, -0.2) is 40.4 Å². The van der Waals surface area contributed by atoms with Gasteiger partial charge in [0.1, 0.15) is 17.3 Å². The van der Waals surface area contributed by atoms with Gasteiger partial charge in [-0.15, -0.1) is 0 Å². The van der Waals surface area contributed by atoms with Gasteiger partial charge in [-0.2, -0.15) is 0 Å². The van der Waals surface area contributed by atoms with Gasteiger partial charge in [0.25, 0.3) is 5.91 Å². The monoisotopic (exact) mass is 466 g/mol. The first-order chi connectivity index (χ1) is 16.2. The number of carbonyl (C=O) groups is 1. The molecule has 180 valence electrons. The Labute approximate surface area is 199 Å². The predicted octanol–water partition coefficient (Wildman–Crippen LogP) is 3.77. The van der Waals surface area contributed by atoms with Gasteiger partial charge < -0.3 is 26.0 Å². The van der Waals surface area contributed by atoms with E-state index in [0.717, 1.165) is 16.7 Å². The van der Waals surface area contributed by atoms with E-state index in [-0.39, 0.29) is 35.8 Å². The standard InChI is InChI=1S/C27H31FN2O4/c1-17-6-7-23(28)12-20(17)8-9-29-27(34)21-5-3-4-19(11-21)10-18(2)30-16-26(33)22-13-24(31)15-25(32)14-22/h3-7,11-15,18,26,30-33H,8-10,16H2,1-2H3,(H,29,34)/t18-,26+/m1/s1. The molecule has 0 bridgehead atoms. The maximum Gasteiger partial charge on any atom is 0.251 e. The molecule has 0 aromatic heterocycles. The third kappa shape index (κ3) is 7.30. The van der Waals surface area contributed by atoms with Gasteiger partial charge in [0.2, 0.25) is 0 Å². The highest BCUT2D eigenvalue weighted by Crippen LogP contribution is 2.24. The van der Waals surface area contributed by atoms with Crippen LogP contribution in [0.1, 0.15) is 45.6 Å². The lowest BCUT2D eigenvalue weighted by Crippen LogP contribution is -2.32. The van der Waals surface area contributed by atoms with Crippen molar-refractivity contribution in [2.75, 3.05) is 13.1 Å². The maximum atomic E-state index is 13.4. The number of carbonyl (C=O) groups excluding carboxylic acids is 1. The molecule has 0 aliphatic heterocycles. The Morgan fingerprint density at radius 3 is 2.50 bits per heavy atom. The molecule has 6 nitrogen and oxygen atoms in total. The molecular formula is C27H31FN2O4. The Morgan fingerprint density at radius 1 is 1.03 bits per heavy atom. The van der Waals surface area contributed by atoms with Crippen LogP contribution in [0, 0.1) is 12.7 Å². The second-order valence-electron chi connectivity index (χ2n) is 8.59. The van der Waals surface area contributed by atoms with Crippen LogP contribution in [0.3, 0.4) is 0 Å². The number of hydrogen-bond donors (Lipinski definition) is 5. The van der Waals surface area contributed by atoms with Crippen molar-refractivity contribution in [3.8, 4) is 11.5 Å². The summed E-state index contributed by atoms with van der Waals surface area (Å²) in [4.78, 5) is 12.6. The first kappa shape index (κ1) is 25.2. The van der Waals surface area contributed by atoms with Crippen LogP contribution in [0.5, 0.6) is 11.5 Å². The molecule has 0 unspecified atom stereocenters. The number of phenols is 2. The Kier molecular flexibility index (Phi) is 8.62. The summed E-state index contributed by atoms with van der Waals surface area (Å²) < 4.78 is 13.4. The summed E-state index contributed by atoms with van der Waals surface area (Å²) in [7, 11) is 0. The molecule has 0 saturated heterocycles. The van der Waals surface area contributed by atoms with Crippen molar-refractivity contribution in [1.29, 1.82) is 0 Å². The number of hydrogen-bond acceptors (Lipinski definition) is 5. The van der Waals surface area contributed by atoms with Gasteiger partial charge in [0.05, 0.1) is 6.10 Å². The van der Waals surface area contributed by atoms with Crippen LogP contribution in [0.25, 0.3) is 0 Å². The second-order valence-corrected chi connectivity index (χ2v) is 8.59. The molecule has 2 atom stereocenters. The molecule has 0 saturated carbocycles. The molecule has 0 radical (unpaired) electrons. The van der Waals surface area contributed by atoms with E-state index in [1.807, 2.05) is 32.0 Å². The summed E-state index contributed by atoms with van der Waals surface area (Å²) in [5.74, 6) is -0.683. The van der Waals surface area contributed by atoms with Gasteiger partial charge in [-0.3, -0.25) is 4.79 Å². The molecule has 34 heavy (non-hydrogen) atoms. The SMILES string of the molecule is Cc1ccc(F)cc1CCNC(=O)c1cccc(C[C@@H](C)NC[C@H](O)c2cc(O)cc(O)c2)c1. The fourth-order valence-electron chi connectivity index (χ4n) is 3.83. The molecule has 0 fully saturated rings. The summed E-state index contributed by atoms with van der Waals surface area (Å²) in [5.41, 5.74) is 3.81. The first-order valence-corrected chi connectivity index (χ1v) is 11.3. The molecule has 0 aliphatic rings. The van der Waals surface area contributed by atoms with Crippen molar-refractivity contribution in [1.82, 2.24) is 10.6 Å². The summed E-state index contributed by atoms with van der Waals surface area (Å²) >= 11 is 0. The van der Waals surface area contributed by atoms with E-state index in [9.17, 15) is 24.5 Å². The normalized spacial score (nSPS) is 12.8. The number of aromatic hydroxyl groups is 2. The van der Waals surface area contributed by atoms with E-state index in [4.69, 9.17) is 0 Å². The van der Waals surface area contributed by atoms with Gasteiger partial charge in [0.15, 0.2) is 0 Å². The second kappa shape index (κ2) is 11.6. The van der Waals surface area contributed by atoms with E-state index < -0.39 is 6.10 Å². The number of phenolic OH excluding ortho intramolecular Hbond substituents is 2. The van der Waals surface area contributed by atoms with Crippen LogP contribution in [-0.2, 0) is 12.8 Å². The fourth-order valence-corrected chi connectivity index (χ4v) is 3.83. The lowest BCUT2D eigenvalue weighted by molar-refractivity contribution is 0.0954.